The lowest BCUT2D eigenvalue weighted by atomic mass is 9.76. The Balaban J connectivity index is 1.39. The average molecular weight is 418 g/mol. The Bertz CT molecular complexity index is 1030. The van der Waals surface area contributed by atoms with Gasteiger partial charge in [0.25, 0.3) is 0 Å². The van der Waals surface area contributed by atoms with Gasteiger partial charge in [0.1, 0.15) is 5.60 Å². The van der Waals surface area contributed by atoms with Crippen molar-refractivity contribution >= 4 is 17.5 Å². The van der Waals surface area contributed by atoms with E-state index in [1.54, 1.807) is 29.2 Å². The van der Waals surface area contributed by atoms with E-state index in [0.717, 1.165) is 11.3 Å². The number of fused-ring (bicyclic) bond motifs is 1. The molecule has 3 aliphatic heterocycles. The maximum Gasteiger partial charge on any atom is 0.234 e. The van der Waals surface area contributed by atoms with E-state index in [4.69, 9.17) is 4.74 Å². The van der Waals surface area contributed by atoms with E-state index in [-0.39, 0.29) is 17.9 Å². The van der Waals surface area contributed by atoms with E-state index in [1.807, 2.05) is 36.4 Å². The number of carbonyl (C=O) groups excluding carboxylic acids is 2. The van der Waals surface area contributed by atoms with E-state index < -0.39 is 17.4 Å². The summed E-state index contributed by atoms with van der Waals surface area (Å²) in [7, 11) is 1.78. The molecule has 4 atom stereocenters. The second kappa shape index (κ2) is 7.31. The summed E-state index contributed by atoms with van der Waals surface area (Å²) in [4.78, 5) is 34.5. The van der Waals surface area contributed by atoms with Crippen LogP contribution in [-0.2, 0) is 20.9 Å². The van der Waals surface area contributed by atoms with Gasteiger partial charge in [-0.25, -0.2) is 0 Å². The molecule has 3 aliphatic rings. The molecule has 31 heavy (non-hydrogen) atoms. The smallest absolute Gasteiger partial charge is 0.234 e. The first kappa shape index (κ1) is 19.9. The maximum atomic E-state index is 13.5. The first-order valence-corrected chi connectivity index (χ1v) is 10.8. The Hall–Kier alpha value is -2.99. The van der Waals surface area contributed by atoms with Crippen LogP contribution in [0.1, 0.15) is 30.9 Å². The van der Waals surface area contributed by atoms with Gasteiger partial charge in [-0.15, -0.1) is 0 Å². The molecule has 1 aromatic carbocycles. The lowest BCUT2D eigenvalue weighted by molar-refractivity contribution is -0.139. The number of nitrogens with zero attached hydrogens (tertiary/aromatic N) is 3. The largest absolute Gasteiger partial charge is 0.360 e. The zero-order chi connectivity index (χ0) is 21.8. The summed E-state index contributed by atoms with van der Waals surface area (Å²) in [6.07, 6.45) is 7.07. The highest BCUT2D eigenvalue weighted by Crippen LogP contribution is 2.53. The van der Waals surface area contributed by atoms with Crippen LogP contribution in [0.15, 0.2) is 60.9 Å². The number of carbonyl (C=O) groups is 2. The van der Waals surface area contributed by atoms with Crippen LogP contribution < -0.4 is 4.90 Å². The first-order chi connectivity index (χ1) is 14.9. The molecule has 6 nitrogen and oxygen atoms in total. The summed E-state index contributed by atoms with van der Waals surface area (Å²) in [5.74, 6) is -0.650. The van der Waals surface area contributed by atoms with Crippen molar-refractivity contribution < 1.29 is 14.3 Å². The number of amides is 2. The number of benzene rings is 1. The number of hydrogen-bond donors (Lipinski definition) is 0. The molecule has 160 valence electrons. The summed E-state index contributed by atoms with van der Waals surface area (Å²) in [5.41, 5.74) is 2.33. The number of ether oxygens (including phenoxy) is 1. The molecule has 2 aromatic rings. The lowest BCUT2D eigenvalue weighted by Crippen LogP contribution is -2.44. The van der Waals surface area contributed by atoms with Crippen molar-refractivity contribution in [2.75, 3.05) is 18.5 Å². The van der Waals surface area contributed by atoms with Crippen LogP contribution in [0.25, 0.3) is 0 Å². The zero-order valence-corrected chi connectivity index (χ0v) is 18.1. The molecular formula is C25H27N3O3. The van der Waals surface area contributed by atoms with Gasteiger partial charge in [0.15, 0.2) is 0 Å². The van der Waals surface area contributed by atoms with Gasteiger partial charge in [0, 0.05) is 31.7 Å². The summed E-state index contributed by atoms with van der Waals surface area (Å²) >= 11 is 0. The number of hydrogen-bond acceptors (Lipinski definition) is 4. The van der Waals surface area contributed by atoms with Crippen LogP contribution in [0.2, 0.25) is 0 Å². The molecule has 0 saturated carbocycles. The zero-order valence-electron chi connectivity index (χ0n) is 18.1. The van der Waals surface area contributed by atoms with E-state index in [9.17, 15) is 9.59 Å². The van der Waals surface area contributed by atoms with Gasteiger partial charge in [-0.3, -0.25) is 14.6 Å². The van der Waals surface area contributed by atoms with E-state index in [0.29, 0.717) is 19.0 Å². The molecule has 2 saturated heterocycles. The predicted molar refractivity (Wildman–Crippen MR) is 117 cm³/mol. The molecule has 2 fully saturated rings. The number of rotatable bonds is 5. The van der Waals surface area contributed by atoms with Crippen molar-refractivity contribution in [3.8, 4) is 0 Å². The predicted octanol–water partition coefficient (Wildman–Crippen LogP) is 3.15. The quantitative estimate of drug-likeness (QED) is 0.701. The molecule has 1 spiro atoms. The monoisotopic (exact) mass is 417 g/mol. The van der Waals surface area contributed by atoms with Crippen molar-refractivity contribution in [2.45, 2.75) is 38.0 Å². The molecule has 0 radical (unpaired) electrons. The number of pyridine rings is 1. The summed E-state index contributed by atoms with van der Waals surface area (Å²) in [6, 6.07) is 11.9. The second-order valence-electron chi connectivity index (χ2n) is 9.13. The fourth-order valence-electron chi connectivity index (χ4n) is 5.14. The molecular weight excluding hydrogens is 390 g/mol. The van der Waals surface area contributed by atoms with Gasteiger partial charge in [-0.1, -0.05) is 44.2 Å². The third-order valence-corrected chi connectivity index (χ3v) is 6.78. The highest BCUT2D eigenvalue weighted by molar-refractivity contribution is 6.03. The molecule has 5 rings (SSSR count). The summed E-state index contributed by atoms with van der Waals surface area (Å²) in [5, 5.41) is 0. The van der Waals surface area contributed by atoms with Gasteiger partial charge >= 0.3 is 0 Å². The van der Waals surface area contributed by atoms with Crippen molar-refractivity contribution in [2.24, 2.45) is 11.8 Å². The Morgan fingerprint density at radius 3 is 2.74 bits per heavy atom. The van der Waals surface area contributed by atoms with Crippen molar-refractivity contribution in [1.82, 2.24) is 9.88 Å². The standard InChI is InChI=1S/C25H27N3O3/c1-16(2)18-6-8-19(9-7-18)28-15-25-11-10-20(31-25)21(22(25)24(28)30)23(29)27(3)14-17-5-4-12-26-13-17/h4-13,16,20-22H,14-15H2,1-3H3/t20-,21-,22+,25-/m0/s1. The van der Waals surface area contributed by atoms with Crippen molar-refractivity contribution in [3.05, 3.63) is 72.1 Å². The Kier molecular flexibility index (Phi) is 4.70. The molecule has 2 bridgehead atoms. The fraction of sp³-hybridized carbons (Fsp3) is 0.400. The molecule has 6 heteroatoms. The number of aromatic nitrogens is 1. The normalized spacial score (nSPS) is 28.5. The fourth-order valence-corrected chi connectivity index (χ4v) is 5.14. The van der Waals surface area contributed by atoms with E-state index in [2.05, 4.69) is 31.0 Å². The molecule has 4 heterocycles. The topological polar surface area (TPSA) is 62.7 Å². The van der Waals surface area contributed by atoms with Gasteiger partial charge in [0.05, 0.1) is 24.5 Å². The first-order valence-electron chi connectivity index (χ1n) is 10.8. The summed E-state index contributed by atoms with van der Waals surface area (Å²) < 4.78 is 6.27. The maximum absolute atomic E-state index is 13.5. The third kappa shape index (κ3) is 3.17. The van der Waals surface area contributed by atoms with Crippen molar-refractivity contribution in [3.63, 3.8) is 0 Å². The molecule has 2 amide bonds. The van der Waals surface area contributed by atoms with E-state index in [1.165, 1.54) is 5.56 Å². The highest BCUT2D eigenvalue weighted by Gasteiger charge is 2.67. The minimum atomic E-state index is -0.714. The molecule has 0 aliphatic carbocycles. The van der Waals surface area contributed by atoms with Crippen LogP contribution in [0, 0.1) is 11.8 Å². The SMILES string of the molecule is CC(C)c1ccc(N2C[C@]34C=C[C@H](O3)[C@H](C(=O)N(C)Cc3cccnc3)[C@@H]4C2=O)cc1. The van der Waals surface area contributed by atoms with Crippen LogP contribution in [-0.4, -0.2) is 47.0 Å². The van der Waals surface area contributed by atoms with Gasteiger partial charge < -0.3 is 14.5 Å². The minimum Gasteiger partial charge on any atom is -0.360 e. The number of anilines is 1. The second-order valence-corrected chi connectivity index (χ2v) is 9.13. The van der Waals surface area contributed by atoms with Gasteiger partial charge in [-0.2, -0.15) is 0 Å². The van der Waals surface area contributed by atoms with Gasteiger partial charge in [-0.05, 0) is 35.2 Å². The molecule has 0 N–H and O–H groups in total. The Morgan fingerprint density at radius 1 is 1.29 bits per heavy atom. The summed E-state index contributed by atoms with van der Waals surface area (Å²) in [6.45, 7) is 5.19. The van der Waals surface area contributed by atoms with Gasteiger partial charge in [0.2, 0.25) is 11.8 Å². The van der Waals surface area contributed by atoms with Crippen LogP contribution in [0.4, 0.5) is 5.69 Å². The van der Waals surface area contributed by atoms with Crippen LogP contribution >= 0.6 is 0 Å². The Morgan fingerprint density at radius 2 is 2.06 bits per heavy atom. The lowest BCUT2D eigenvalue weighted by Gasteiger charge is -2.27. The molecule has 1 aromatic heterocycles. The average Bonchev–Trinajstić information content (AvgIpc) is 3.42. The molecule has 0 unspecified atom stereocenters. The third-order valence-electron chi connectivity index (χ3n) is 6.78. The minimum absolute atomic E-state index is 0.0303. The van der Waals surface area contributed by atoms with Crippen LogP contribution in [0.5, 0.6) is 0 Å². The van der Waals surface area contributed by atoms with Crippen LogP contribution in [0.3, 0.4) is 0 Å². The van der Waals surface area contributed by atoms with E-state index >= 15 is 0 Å². The Labute approximate surface area is 182 Å². The highest BCUT2D eigenvalue weighted by atomic mass is 16.5. The van der Waals surface area contributed by atoms with Crippen molar-refractivity contribution in [1.29, 1.82) is 0 Å².